The molecule has 7 heteroatoms. The Morgan fingerprint density at radius 3 is 2.85 bits per heavy atom. The Hall–Kier alpha value is -1.96. The standard InChI is InChI=1S/C19H21N3O2S2/c1-13-6-7-16(24-13)19-21-14(12-26-19)18(23)20-11-15(17-5-4-10-25-17)22-8-2-3-9-22/h4-7,10,12,15H,2-3,8-9,11H2,1H3,(H,20,23). The molecule has 5 nitrogen and oxygen atoms in total. The van der Waals surface area contributed by atoms with Gasteiger partial charge in [-0.1, -0.05) is 6.07 Å². The van der Waals surface area contributed by atoms with Crippen LogP contribution in [0.1, 0.15) is 40.0 Å². The second kappa shape index (κ2) is 7.73. The molecule has 4 rings (SSSR count). The zero-order valence-corrected chi connectivity index (χ0v) is 16.2. The van der Waals surface area contributed by atoms with Crippen LogP contribution in [0.3, 0.4) is 0 Å². The molecule has 136 valence electrons. The number of nitrogens with zero attached hydrogens (tertiary/aromatic N) is 2. The van der Waals surface area contributed by atoms with Gasteiger partial charge < -0.3 is 9.73 Å². The van der Waals surface area contributed by atoms with Gasteiger partial charge in [0.15, 0.2) is 10.8 Å². The first-order valence-corrected chi connectivity index (χ1v) is 10.5. The summed E-state index contributed by atoms with van der Waals surface area (Å²) in [6.45, 7) is 4.69. The normalized spacial score (nSPS) is 16.0. The van der Waals surface area contributed by atoms with Gasteiger partial charge in [0.25, 0.3) is 5.91 Å². The second-order valence-electron chi connectivity index (χ2n) is 6.43. The van der Waals surface area contributed by atoms with Gasteiger partial charge in [0.05, 0.1) is 6.04 Å². The molecule has 0 saturated carbocycles. The summed E-state index contributed by atoms with van der Waals surface area (Å²) in [4.78, 5) is 20.8. The molecule has 0 radical (unpaired) electrons. The highest BCUT2D eigenvalue weighted by Crippen LogP contribution is 2.28. The van der Waals surface area contributed by atoms with Crippen LogP contribution in [-0.2, 0) is 0 Å². The van der Waals surface area contributed by atoms with Crippen molar-refractivity contribution in [3.05, 3.63) is 51.4 Å². The van der Waals surface area contributed by atoms with Gasteiger partial charge >= 0.3 is 0 Å². The number of hydrogen-bond acceptors (Lipinski definition) is 6. The molecular formula is C19H21N3O2S2. The smallest absolute Gasteiger partial charge is 0.270 e. The van der Waals surface area contributed by atoms with Crippen LogP contribution in [-0.4, -0.2) is 35.4 Å². The van der Waals surface area contributed by atoms with Crippen molar-refractivity contribution >= 4 is 28.6 Å². The van der Waals surface area contributed by atoms with E-state index in [0.717, 1.165) is 23.9 Å². The lowest BCUT2D eigenvalue weighted by Crippen LogP contribution is -2.36. The van der Waals surface area contributed by atoms with E-state index in [1.165, 1.54) is 29.1 Å². The van der Waals surface area contributed by atoms with Crippen LogP contribution in [0.2, 0.25) is 0 Å². The van der Waals surface area contributed by atoms with E-state index >= 15 is 0 Å². The molecule has 3 aromatic rings. The zero-order valence-electron chi connectivity index (χ0n) is 14.6. The number of aryl methyl sites for hydroxylation is 1. The second-order valence-corrected chi connectivity index (χ2v) is 8.27. The molecule has 0 aliphatic carbocycles. The first-order chi connectivity index (χ1) is 12.7. The molecule has 1 aliphatic heterocycles. The number of furan rings is 1. The van der Waals surface area contributed by atoms with Gasteiger partial charge in [-0.3, -0.25) is 9.69 Å². The van der Waals surface area contributed by atoms with Crippen molar-refractivity contribution in [2.24, 2.45) is 0 Å². The summed E-state index contributed by atoms with van der Waals surface area (Å²) >= 11 is 3.18. The van der Waals surface area contributed by atoms with E-state index in [2.05, 4.69) is 32.7 Å². The van der Waals surface area contributed by atoms with Gasteiger partial charge in [0, 0.05) is 16.8 Å². The topological polar surface area (TPSA) is 58.4 Å². The van der Waals surface area contributed by atoms with Crippen molar-refractivity contribution in [1.29, 1.82) is 0 Å². The average Bonchev–Trinajstić information content (AvgIpc) is 3.42. The summed E-state index contributed by atoms with van der Waals surface area (Å²) in [5.74, 6) is 1.42. The molecule has 1 atom stereocenters. The van der Waals surface area contributed by atoms with E-state index < -0.39 is 0 Å². The molecule has 4 heterocycles. The van der Waals surface area contributed by atoms with Crippen LogP contribution in [0.5, 0.6) is 0 Å². The number of likely N-dealkylation sites (tertiary alicyclic amines) is 1. The zero-order chi connectivity index (χ0) is 17.9. The fourth-order valence-corrected chi connectivity index (χ4v) is 4.89. The van der Waals surface area contributed by atoms with Crippen LogP contribution >= 0.6 is 22.7 Å². The fraction of sp³-hybridized carbons (Fsp3) is 0.368. The number of thiazole rings is 1. The highest BCUT2D eigenvalue weighted by Gasteiger charge is 2.25. The minimum atomic E-state index is -0.128. The van der Waals surface area contributed by atoms with Crippen molar-refractivity contribution in [2.45, 2.75) is 25.8 Å². The SMILES string of the molecule is Cc1ccc(-c2nc(C(=O)NCC(c3cccs3)N3CCCC3)cs2)o1. The van der Waals surface area contributed by atoms with Crippen LogP contribution in [0, 0.1) is 6.92 Å². The Kier molecular flexibility index (Phi) is 5.19. The largest absolute Gasteiger partial charge is 0.459 e. The predicted octanol–water partition coefficient (Wildman–Crippen LogP) is 4.34. The fourth-order valence-electron chi connectivity index (χ4n) is 3.26. The highest BCUT2D eigenvalue weighted by atomic mass is 32.1. The summed E-state index contributed by atoms with van der Waals surface area (Å²) in [5, 5.41) is 7.69. The number of aromatic nitrogens is 1. The van der Waals surface area contributed by atoms with E-state index in [9.17, 15) is 4.79 Å². The number of nitrogens with one attached hydrogen (secondary N) is 1. The number of amides is 1. The van der Waals surface area contributed by atoms with E-state index in [-0.39, 0.29) is 11.9 Å². The average molecular weight is 388 g/mol. The molecular weight excluding hydrogens is 366 g/mol. The van der Waals surface area contributed by atoms with Crippen molar-refractivity contribution in [3.63, 3.8) is 0 Å². The monoisotopic (exact) mass is 387 g/mol. The number of thiophene rings is 1. The van der Waals surface area contributed by atoms with Crippen LogP contribution in [0.25, 0.3) is 10.8 Å². The molecule has 0 aromatic carbocycles. The van der Waals surface area contributed by atoms with Crippen molar-refractivity contribution in [2.75, 3.05) is 19.6 Å². The lowest BCUT2D eigenvalue weighted by Gasteiger charge is -2.26. The van der Waals surface area contributed by atoms with Crippen LogP contribution < -0.4 is 5.32 Å². The Bertz CT molecular complexity index is 863. The molecule has 0 bridgehead atoms. The van der Waals surface area contributed by atoms with E-state index in [1.54, 1.807) is 16.7 Å². The van der Waals surface area contributed by atoms with Gasteiger partial charge in [-0.15, -0.1) is 22.7 Å². The van der Waals surface area contributed by atoms with Crippen molar-refractivity contribution in [1.82, 2.24) is 15.2 Å². The van der Waals surface area contributed by atoms with Crippen molar-refractivity contribution < 1.29 is 9.21 Å². The number of carbonyl (C=O) groups is 1. The van der Waals surface area contributed by atoms with Gasteiger partial charge in [-0.05, 0) is 56.4 Å². The van der Waals surface area contributed by atoms with E-state index in [1.807, 2.05) is 19.1 Å². The Labute approximate surface area is 160 Å². The highest BCUT2D eigenvalue weighted by molar-refractivity contribution is 7.13. The first-order valence-electron chi connectivity index (χ1n) is 8.79. The lowest BCUT2D eigenvalue weighted by atomic mass is 10.2. The van der Waals surface area contributed by atoms with Crippen LogP contribution in [0.4, 0.5) is 0 Å². The minimum Gasteiger partial charge on any atom is -0.459 e. The molecule has 3 aromatic heterocycles. The Balaban J connectivity index is 1.43. The first kappa shape index (κ1) is 17.5. The van der Waals surface area contributed by atoms with Crippen molar-refractivity contribution in [3.8, 4) is 10.8 Å². The molecule has 1 fully saturated rings. The van der Waals surface area contributed by atoms with Gasteiger partial charge in [-0.2, -0.15) is 0 Å². The lowest BCUT2D eigenvalue weighted by molar-refractivity contribution is 0.0934. The molecule has 0 spiro atoms. The van der Waals surface area contributed by atoms with E-state index in [0.29, 0.717) is 18.0 Å². The third kappa shape index (κ3) is 3.75. The van der Waals surface area contributed by atoms with Gasteiger partial charge in [0.1, 0.15) is 11.5 Å². The maximum Gasteiger partial charge on any atom is 0.270 e. The molecule has 1 amide bonds. The summed E-state index contributed by atoms with van der Waals surface area (Å²) in [6, 6.07) is 8.25. The maximum absolute atomic E-state index is 12.6. The van der Waals surface area contributed by atoms with Gasteiger partial charge in [-0.25, -0.2) is 4.98 Å². The quantitative estimate of drug-likeness (QED) is 0.683. The predicted molar refractivity (Wildman–Crippen MR) is 105 cm³/mol. The summed E-state index contributed by atoms with van der Waals surface area (Å²) in [6.07, 6.45) is 2.46. The molecule has 1 saturated heterocycles. The molecule has 1 unspecified atom stereocenters. The third-order valence-corrected chi connectivity index (χ3v) is 6.43. The number of hydrogen-bond donors (Lipinski definition) is 1. The molecule has 1 aliphatic rings. The summed E-state index contributed by atoms with van der Waals surface area (Å²) < 4.78 is 5.59. The Morgan fingerprint density at radius 2 is 2.15 bits per heavy atom. The minimum absolute atomic E-state index is 0.128. The van der Waals surface area contributed by atoms with E-state index in [4.69, 9.17) is 4.42 Å². The van der Waals surface area contributed by atoms with Crippen LogP contribution in [0.15, 0.2) is 39.4 Å². The maximum atomic E-state index is 12.6. The summed E-state index contributed by atoms with van der Waals surface area (Å²) in [7, 11) is 0. The number of rotatable bonds is 6. The molecule has 1 N–H and O–H groups in total. The molecule has 26 heavy (non-hydrogen) atoms. The van der Waals surface area contributed by atoms with Gasteiger partial charge in [0.2, 0.25) is 0 Å². The number of carbonyl (C=O) groups excluding carboxylic acids is 1. The Morgan fingerprint density at radius 1 is 1.31 bits per heavy atom. The summed E-state index contributed by atoms with van der Waals surface area (Å²) in [5.41, 5.74) is 0.449. The third-order valence-electron chi connectivity index (χ3n) is 4.60.